The van der Waals surface area contributed by atoms with Crippen LogP contribution in [0.1, 0.15) is 37.9 Å². The second kappa shape index (κ2) is 6.54. The highest BCUT2D eigenvalue weighted by molar-refractivity contribution is 5.78. The van der Waals surface area contributed by atoms with Crippen LogP contribution in [0.5, 0.6) is 5.75 Å². The minimum Gasteiger partial charge on any atom is -0.490 e. The number of nitrogens with zero attached hydrogens (tertiary/aromatic N) is 2. The highest BCUT2D eigenvalue weighted by atomic mass is 16.5. The number of piperidine rings is 1. The minimum absolute atomic E-state index is 0.142. The summed E-state index contributed by atoms with van der Waals surface area (Å²) < 4.78 is 11.2. The third kappa shape index (κ3) is 3.41. The van der Waals surface area contributed by atoms with Crippen LogP contribution in [0.25, 0.3) is 11.3 Å². The fourth-order valence-electron chi connectivity index (χ4n) is 3.63. The van der Waals surface area contributed by atoms with Crippen molar-refractivity contribution in [1.82, 2.24) is 10.1 Å². The standard InChI is InChI=1S/C20H24N2O3/c1-13-5-7-22(8-6-13)20(23)12-17-11-19(25-21-17)15-3-4-18-16(10-15)9-14(2)24-18/h3-4,10-11,13-14H,5-9,12H2,1-2H3. The lowest BCUT2D eigenvalue weighted by atomic mass is 9.99. The van der Waals surface area contributed by atoms with Crippen LogP contribution in [0, 0.1) is 5.92 Å². The van der Waals surface area contributed by atoms with E-state index in [1.165, 1.54) is 5.56 Å². The number of benzene rings is 1. The molecule has 0 saturated carbocycles. The van der Waals surface area contributed by atoms with Crippen molar-refractivity contribution in [3.8, 4) is 17.1 Å². The zero-order chi connectivity index (χ0) is 17.4. The molecule has 3 heterocycles. The van der Waals surface area contributed by atoms with Crippen molar-refractivity contribution in [3.05, 3.63) is 35.5 Å². The number of amides is 1. The molecule has 2 aliphatic rings. The Morgan fingerprint density at radius 1 is 1.24 bits per heavy atom. The van der Waals surface area contributed by atoms with Crippen molar-refractivity contribution in [3.63, 3.8) is 0 Å². The van der Waals surface area contributed by atoms with E-state index in [1.807, 2.05) is 23.1 Å². The summed E-state index contributed by atoms with van der Waals surface area (Å²) in [5.74, 6) is 2.51. The maximum atomic E-state index is 12.4. The molecule has 0 bridgehead atoms. The first-order valence-electron chi connectivity index (χ1n) is 9.12. The molecule has 132 valence electrons. The van der Waals surface area contributed by atoms with Crippen molar-refractivity contribution in [2.45, 2.75) is 45.6 Å². The molecular weight excluding hydrogens is 316 g/mol. The maximum Gasteiger partial charge on any atom is 0.228 e. The first kappa shape index (κ1) is 16.2. The first-order chi connectivity index (χ1) is 12.1. The van der Waals surface area contributed by atoms with E-state index in [-0.39, 0.29) is 12.0 Å². The number of hydrogen-bond donors (Lipinski definition) is 0. The Kier molecular flexibility index (Phi) is 4.24. The number of rotatable bonds is 3. The van der Waals surface area contributed by atoms with Crippen LogP contribution in [0.4, 0.5) is 0 Å². The van der Waals surface area contributed by atoms with Crippen molar-refractivity contribution in [2.24, 2.45) is 5.92 Å². The summed E-state index contributed by atoms with van der Waals surface area (Å²) in [6, 6.07) is 7.94. The number of likely N-dealkylation sites (tertiary alicyclic amines) is 1. The van der Waals surface area contributed by atoms with E-state index < -0.39 is 0 Å². The zero-order valence-corrected chi connectivity index (χ0v) is 14.8. The number of aromatic nitrogens is 1. The lowest BCUT2D eigenvalue weighted by molar-refractivity contribution is -0.131. The molecule has 1 saturated heterocycles. The van der Waals surface area contributed by atoms with Crippen LogP contribution in [0.15, 0.2) is 28.8 Å². The van der Waals surface area contributed by atoms with E-state index in [4.69, 9.17) is 9.26 Å². The molecule has 1 aromatic heterocycles. The van der Waals surface area contributed by atoms with Crippen LogP contribution >= 0.6 is 0 Å². The number of ether oxygens (including phenoxy) is 1. The minimum atomic E-state index is 0.142. The van der Waals surface area contributed by atoms with E-state index in [1.54, 1.807) is 0 Å². The van der Waals surface area contributed by atoms with Gasteiger partial charge in [0.25, 0.3) is 0 Å². The Morgan fingerprint density at radius 3 is 2.84 bits per heavy atom. The number of hydrogen-bond acceptors (Lipinski definition) is 4. The second-order valence-corrected chi connectivity index (χ2v) is 7.38. The zero-order valence-electron chi connectivity index (χ0n) is 14.8. The van der Waals surface area contributed by atoms with Crippen LogP contribution in [0.3, 0.4) is 0 Å². The average molecular weight is 340 g/mol. The Balaban J connectivity index is 1.44. The predicted octanol–water partition coefficient (Wildman–Crippen LogP) is 3.47. The summed E-state index contributed by atoms with van der Waals surface area (Å²) in [6.07, 6.45) is 3.62. The highest BCUT2D eigenvalue weighted by Gasteiger charge is 2.23. The largest absolute Gasteiger partial charge is 0.490 e. The van der Waals surface area contributed by atoms with E-state index >= 15 is 0 Å². The van der Waals surface area contributed by atoms with Crippen molar-refractivity contribution in [2.75, 3.05) is 13.1 Å². The molecule has 5 heteroatoms. The lowest BCUT2D eigenvalue weighted by Crippen LogP contribution is -2.38. The van der Waals surface area contributed by atoms with Gasteiger partial charge in [-0.3, -0.25) is 4.79 Å². The van der Waals surface area contributed by atoms with E-state index in [0.717, 1.165) is 43.7 Å². The Labute approximate surface area is 147 Å². The fourth-order valence-corrected chi connectivity index (χ4v) is 3.63. The molecule has 1 unspecified atom stereocenters. The molecule has 1 fully saturated rings. The van der Waals surface area contributed by atoms with Gasteiger partial charge in [-0.1, -0.05) is 12.1 Å². The van der Waals surface area contributed by atoms with Gasteiger partial charge >= 0.3 is 0 Å². The third-order valence-electron chi connectivity index (χ3n) is 5.21. The molecule has 1 amide bonds. The maximum absolute atomic E-state index is 12.4. The Bertz CT molecular complexity index is 775. The lowest BCUT2D eigenvalue weighted by Gasteiger charge is -2.30. The fraction of sp³-hybridized carbons (Fsp3) is 0.500. The molecule has 1 atom stereocenters. The quantitative estimate of drug-likeness (QED) is 0.858. The van der Waals surface area contributed by atoms with E-state index in [0.29, 0.717) is 23.8 Å². The topological polar surface area (TPSA) is 55.6 Å². The SMILES string of the molecule is CC1CCN(C(=O)Cc2cc(-c3ccc4c(c3)CC(C)O4)on2)CC1. The molecule has 0 aliphatic carbocycles. The number of fused-ring (bicyclic) bond motifs is 1. The Hall–Kier alpha value is -2.30. The van der Waals surface area contributed by atoms with Crippen LogP contribution in [-0.4, -0.2) is 35.2 Å². The number of carbonyl (C=O) groups is 1. The average Bonchev–Trinajstić information content (AvgIpc) is 3.20. The summed E-state index contributed by atoms with van der Waals surface area (Å²) in [6.45, 7) is 6.02. The summed E-state index contributed by atoms with van der Waals surface area (Å²) in [5, 5.41) is 4.10. The third-order valence-corrected chi connectivity index (χ3v) is 5.21. The first-order valence-corrected chi connectivity index (χ1v) is 9.12. The van der Waals surface area contributed by atoms with Crippen molar-refractivity contribution < 1.29 is 14.1 Å². The van der Waals surface area contributed by atoms with Crippen molar-refractivity contribution in [1.29, 1.82) is 0 Å². The van der Waals surface area contributed by atoms with Gasteiger partial charge in [-0.2, -0.15) is 0 Å². The molecule has 0 spiro atoms. The smallest absolute Gasteiger partial charge is 0.228 e. The van der Waals surface area contributed by atoms with Gasteiger partial charge in [0.15, 0.2) is 5.76 Å². The molecule has 25 heavy (non-hydrogen) atoms. The van der Waals surface area contributed by atoms with Crippen LogP contribution in [-0.2, 0) is 17.6 Å². The summed E-state index contributed by atoms with van der Waals surface area (Å²) in [4.78, 5) is 14.4. The molecule has 2 aromatic rings. The normalized spacial score (nSPS) is 20.4. The summed E-state index contributed by atoms with van der Waals surface area (Å²) >= 11 is 0. The van der Waals surface area contributed by atoms with Gasteiger partial charge in [0.1, 0.15) is 11.9 Å². The van der Waals surface area contributed by atoms with Gasteiger partial charge in [-0.25, -0.2) is 0 Å². The van der Waals surface area contributed by atoms with E-state index in [9.17, 15) is 4.79 Å². The van der Waals surface area contributed by atoms with Gasteiger partial charge in [-0.15, -0.1) is 0 Å². The molecule has 0 radical (unpaired) electrons. The van der Waals surface area contributed by atoms with E-state index in [2.05, 4.69) is 25.1 Å². The van der Waals surface area contributed by atoms with Crippen LogP contribution in [0.2, 0.25) is 0 Å². The van der Waals surface area contributed by atoms with Gasteiger partial charge in [-0.05, 0) is 49.4 Å². The van der Waals surface area contributed by atoms with Gasteiger partial charge in [0, 0.05) is 31.1 Å². The van der Waals surface area contributed by atoms with Crippen molar-refractivity contribution >= 4 is 5.91 Å². The molecule has 4 rings (SSSR count). The highest BCUT2D eigenvalue weighted by Crippen LogP contribution is 2.33. The van der Waals surface area contributed by atoms with Gasteiger partial charge < -0.3 is 14.2 Å². The monoisotopic (exact) mass is 340 g/mol. The molecular formula is C20H24N2O3. The van der Waals surface area contributed by atoms with Gasteiger partial charge in [0.05, 0.1) is 12.1 Å². The second-order valence-electron chi connectivity index (χ2n) is 7.38. The Morgan fingerprint density at radius 2 is 2.04 bits per heavy atom. The van der Waals surface area contributed by atoms with Gasteiger partial charge in [0.2, 0.25) is 5.91 Å². The predicted molar refractivity (Wildman–Crippen MR) is 94.4 cm³/mol. The molecule has 2 aliphatic heterocycles. The molecule has 1 aromatic carbocycles. The molecule has 5 nitrogen and oxygen atoms in total. The number of carbonyl (C=O) groups excluding carboxylic acids is 1. The van der Waals surface area contributed by atoms with Crippen LogP contribution < -0.4 is 4.74 Å². The summed E-state index contributed by atoms with van der Waals surface area (Å²) in [5.41, 5.74) is 2.87. The molecule has 0 N–H and O–H groups in total. The summed E-state index contributed by atoms with van der Waals surface area (Å²) in [7, 11) is 0.